The fourth-order valence-corrected chi connectivity index (χ4v) is 4.81. The van der Waals surface area contributed by atoms with E-state index < -0.39 is 16.0 Å². The molecule has 1 saturated heterocycles. The van der Waals surface area contributed by atoms with Crippen LogP contribution in [0.5, 0.6) is 0 Å². The molecule has 1 N–H and O–H groups in total. The highest BCUT2D eigenvalue weighted by Crippen LogP contribution is 2.26. The number of para-hydroxylation sites is 1. The molecule has 3 rings (SSSR count). The summed E-state index contributed by atoms with van der Waals surface area (Å²) in [5.74, 6) is -1.50. The van der Waals surface area contributed by atoms with Crippen LogP contribution in [0.15, 0.2) is 47.4 Å². The normalized spacial score (nSPS) is 15.8. The van der Waals surface area contributed by atoms with Crippen molar-refractivity contribution in [3.63, 3.8) is 0 Å². The van der Waals surface area contributed by atoms with Crippen molar-refractivity contribution in [2.75, 3.05) is 31.1 Å². The van der Waals surface area contributed by atoms with Gasteiger partial charge in [0.25, 0.3) is 0 Å². The van der Waals surface area contributed by atoms with Crippen LogP contribution >= 0.6 is 0 Å². The summed E-state index contributed by atoms with van der Waals surface area (Å²) in [6, 6.07) is 10.6. The molecule has 0 amide bonds. The first-order chi connectivity index (χ1) is 12.3. The number of hydrogen-bond donors (Lipinski definition) is 1. The zero-order valence-corrected chi connectivity index (χ0v) is 15.0. The third-order valence-corrected chi connectivity index (χ3v) is 6.61. The molecule has 1 fully saturated rings. The summed E-state index contributed by atoms with van der Waals surface area (Å²) < 4.78 is 41.1. The van der Waals surface area contributed by atoms with Crippen molar-refractivity contribution in [3.8, 4) is 0 Å². The van der Waals surface area contributed by atoms with Gasteiger partial charge in [-0.1, -0.05) is 18.2 Å². The van der Waals surface area contributed by atoms with E-state index in [1.54, 1.807) is 18.2 Å². The maximum Gasteiger partial charge on any atom is 0.335 e. The van der Waals surface area contributed by atoms with Crippen LogP contribution in [-0.2, 0) is 10.0 Å². The molecule has 138 valence electrons. The van der Waals surface area contributed by atoms with Gasteiger partial charge in [-0.15, -0.1) is 0 Å². The molecule has 26 heavy (non-hydrogen) atoms. The summed E-state index contributed by atoms with van der Waals surface area (Å²) >= 11 is 0. The lowest BCUT2D eigenvalue weighted by Crippen LogP contribution is -2.49. The number of carboxylic acid groups (broad SMARTS) is 1. The van der Waals surface area contributed by atoms with E-state index in [4.69, 9.17) is 0 Å². The summed E-state index contributed by atoms with van der Waals surface area (Å²) in [4.78, 5) is 13.1. The highest BCUT2D eigenvalue weighted by atomic mass is 32.2. The fraction of sp³-hybridized carbons (Fsp3) is 0.278. The van der Waals surface area contributed by atoms with E-state index in [9.17, 15) is 22.7 Å². The second-order valence-corrected chi connectivity index (χ2v) is 7.98. The van der Waals surface area contributed by atoms with Crippen LogP contribution in [0.2, 0.25) is 0 Å². The Labute approximate surface area is 151 Å². The molecule has 8 heteroatoms. The number of anilines is 1. The van der Waals surface area contributed by atoms with Crippen LogP contribution in [0, 0.1) is 12.7 Å². The third-order valence-electron chi connectivity index (χ3n) is 4.56. The van der Waals surface area contributed by atoms with Crippen molar-refractivity contribution in [1.29, 1.82) is 0 Å². The third kappa shape index (κ3) is 3.30. The van der Waals surface area contributed by atoms with Crippen molar-refractivity contribution in [3.05, 3.63) is 59.4 Å². The highest BCUT2D eigenvalue weighted by molar-refractivity contribution is 7.89. The lowest BCUT2D eigenvalue weighted by atomic mass is 10.1. The second-order valence-electron chi connectivity index (χ2n) is 6.08. The Morgan fingerprint density at radius 2 is 1.69 bits per heavy atom. The van der Waals surface area contributed by atoms with Crippen LogP contribution in [0.3, 0.4) is 0 Å². The predicted molar refractivity (Wildman–Crippen MR) is 95.5 cm³/mol. The first-order valence-electron chi connectivity index (χ1n) is 8.15. The maximum absolute atomic E-state index is 13.9. The smallest absolute Gasteiger partial charge is 0.335 e. The first kappa shape index (κ1) is 18.3. The zero-order valence-electron chi connectivity index (χ0n) is 14.2. The monoisotopic (exact) mass is 378 g/mol. The Balaban J connectivity index is 1.82. The molecule has 1 aliphatic rings. The van der Waals surface area contributed by atoms with Gasteiger partial charge >= 0.3 is 5.97 Å². The number of halogens is 1. The van der Waals surface area contributed by atoms with E-state index in [1.165, 1.54) is 35.5 Å². The molecule has 6 nitrogen and oxygen atoms in total. The molecule has 0 aromatic heterocycles. The fourth-order valence-electron chi connectivity index (χ4n) is 3.14. The number of rotatable bonds is 4. The van der Waals surface area contributed by atoms with Crippen molar-refractivity contribution in [2.24, 2.45) is 0 Å². The van der Waals surface area contributed by atoms with Gasteiger partial charge in [-0.3, -0.25) is 0 Å². The van der Waals surface area contributed by atoms with Gasteiger partial charge in [-0.2, -0.15) is 4.31 Å². The van der Waals surface area contributed by atoms with Gasteiger partial charge in [0.05, 0.1) is 16.1 Å². The van der Waals surface area contributed by atoms with Gasteiger partial charge < -0.3 is 10.0 Å². The SMILES string of the molecule is Cc1c(C(=O)O)cccc1S(=O)(=O)N1CCN(c2ccccc2F)CC1. The number of nitrogens with zero attached hydrogens (tertiary/aromatic N) is 2. The van der Waals surface area contributed by atoms with E-state index in [0.29, 0.717) is 18.8 Å². The van der Waals surface area contributed by atoms with E-state index in [-0.39, 0.29) is 34.9 Å². The molecule has 0 radical (unpaired) electrons. The number of benzene rings is 2. The summed E-state index contributed by atoms with van der Waals surface area (Å²) in [6.07, 6.45) is 0. The summed E-state index contributed by atoms with van der Waals surface area (Å²) in [5, 5.41) is 9.20. The van der Waals surface area contributed by atoms with E-state index in [0.717, 1.165) is 0 Å². The van der Waals surface area contributed by atoms with Crippen LogP contribution < -0.4 is 4.90 Å². The van der Waals surface area contributed by atoms with Crippen molar-refractivity contribution < 1.29 is 22.7 Å². The van der Waals surface area contributed by atoms with Crippen molar-refractivity contribution >= 4 is 21.7 Å². The molecule has 0 unspecified atom stereocenters. The Bertz CT molecular complexity index is 938. The standard InChI is InChI=1S/C18H19FN2O4S/c1-13-14(18(22)23)5-4-8-17(13)26(24,25)21-11-9-20(10-12-21)16-7-3-2-6-15(16)19/h2-8H,9-12H2,1H3,(H,22,23). The molecule has 0 bridgehead atoms. The molecule has 0 saturated carbocycles. The van der Waals surface area contributed by atoms with Crippen LogP contribution in [0.25, 0.3) is 0 Å². The lowest BCUT2D eigenvalue weighted by Gasteiger charge is -2.35. The summed E-state index contributed by atoms with van der Waals surface area (Å²) in [5.41, 5.74) is 0.640. The van der Waals surface area contributed by atoms with E-state index >= 15 is 0 Å². The molecule has 0 atom stereocenters. The van der Waals surface area contributed by atoms with Gasteiger partial charge in [-0.05, 0) is 36.8 Å². The van der Waals surface area contributed by atoms with Gasteiger partial charge in [-0.25, -0.2) is 17.6 Å². The Morgan fingerprint density at radius 3 is 2.31 bits per heavy atom. The van der Waals surface area contributed by atoms with Crippen LogP contribution in [0.4, 0.5) is 10.1 Å². The molecular formula is C18H19FN2O4S. The average Bonchev–Trinajstić information content (AvgIpc) is 2.62. The molecule has 1 aliphatic heterocycles. The van der Waals surface area contributed by atoms with Gasteiger partial charge in [0.15, 0.2) is 0 Å². The van der Waals surface area contributed by atoms with Crippen molar-refractivity contribution in [1.82, 2.24) is 4.31 Å². The number of hydrogen-bond acceptors (Lipinski definition) is 4. The number of aromatic carboxylic acids is 1. The summed E-state index contributed by atoms with van der Waals surface area (Å²) in [7, 11) is -3.81. The first-order valence-corrected chi connectivity index (χ1v) is 9.59. The molecule has 2 aromatic rings. The molecule has 1 heterocycles. The largest absolute Gasteiger partial charge is 0.478 e. The number of sulfonamides is 1. The maximum atomic E-state index is 13.9. The lowest BCUT2D eigenvalue weighted by molar-refractivity contribution is 0.0696. The minimum Gasteiger partial charge on any atom is -0.478 e. The van der Waals surface area contributed by atoms with Crippen LogP contribution in [0.1, 0.15) is 15.9 Å². The Hall–Kier alpha value is -2.45. The summed E-state index contributed by atoms with van der Waals surface area (Å²) in [6.45, 7) is 2.61. The highest BCUT2D eigenvalue weighted by Gasteiger charge is 2.31. The topological polar surface area (TPSA) is 77.9 Å². The second kappa shape index (κ2) is 7.05. The number of piperazine rings is 1. The minimum absolute atomic E-state index is 0.00302. The minimum atomic E-state index is -3.81. The van der Waals surface area contributed by atoms with Gasteiger partial charge in [0.1, 0.15) is 5.82 Å². The molecule has 0 spiro atoms. The molecular weight excluding hydrogens is 359 g/mol. The quantitative estimate of drug-likeness (QED) is 0.884. The predicted octanol–water partition coefficient (Wildman–Crippen LogP) is 2.34. The number of carboxylic acids is 1. The van der Waals surface area contributed by atoms with Gasteiger partial charge in [0, 0.05) is 26.2 Å². The van der Waals surface area contributed by atoms with Crippen molar-refractivity contribution in [2.45, 2.75) is 11.8 Å². The molecule has 0 aliphatic carbocycles. The van der Waals surface area contributed by atoms with E-state index in [2.05, 4.69) is 0 Å². The number of carbonyl (C=O) groups is 1. The van der Waals surface area contributed by atoms with Gasteiger partial charge in [0.2, 0.25) is 10.0 Å². The van der Waals surface area contributed by atoms with E-state index in [1.807, 2.05) is 4.90 Å². The Morgan fingerprint density at radius 1 is 1.04 bits per heavy atom. The van der Waals surface area contributed by atoms with Crippen LogP contribution in [-0.4, -0.2) is 50.0 Å². The average molecular weight is 378 g/mol. The molecule has 2 aromatic carbocycles. The Kier molecular flexibility index (Phi) is 4.97. The zero-order chi connectivity index (χ0) is 18.9.